The molecule has 0 unspecified atom stereocenters. The highest BCUT2D eigenvalue weighted by molar-refractivity contribution is 5.63. The van der Waals surface area contributed by atoms with Crippen LogP contribution in [0.5, 0.6) is 0 Å². The van der Waals surface area contributed by atoms with Crippen molar-refractivity contribution in [3.63, 3.8) is 0 Å². The number of hydrogen-bond acceptors (Lipinski definition) is 4. The second kappa shape index (κ2) is 4.79. The van der Waals surface area contributed by atoms with E-state index in [1.807, 2.05) is 36.4 Å². The number of benzene rings is 1. The first-order valence-electron chi connectivity index (χ1n) is 5.67. The van der Waals surface area contributed by atoms with Gasteiger partial charge in [-0.2, -0.15) is 0 Å². The molecule has 0 fully saturated rings. The molecule has 1 aromatic carbocycles. The van der Waals surface area contributed by atoms with Crippen molar-refractivity contribution in [2.24, 2.45) is 0 Å². The van der Waals surface area contributed by atoms with Gasteiger partial charge in [-0.25, -0.2) is 4.98 Å². The minimum Gasteiger partial charge on any atom is -0.467 e. The van der Waals surface area contributed by atoms with E-state index in [2.05, 4.69) is 10.3 Å². The van der Waals surface area contributed by atoms with E-state index < -0.39 is 0 Å². The van der Waals surface area contributed by atoms with E-state index in [0.29, 0.717) is 6.54 Å². The Hall–Kier alpha value is -2.49. The molecule has 0 bridgehead atoms. The summed E-state index contributed by atoms with van der Waals surface area (Å²) in [6.07, 6.45) is 4.80. The molecule has 1 N–H and O–H groups in total. The second-order valence-corrected chi connectivity index (χ2v) is 3.88. The van der Waals surface area contributed by atoms with Crippen LogP contribution in [0.1, 0.15) is 5.76 Å². The summed E-state index contributed by atoms with van der Waals surface area (Å²) in [5.74, 6) is 1.66. The van der Waals surface area contributed by atoms with Crippen LogP contribution in [0, 0.1) is 0 Å². The van der Waals surface area contributed by atoms with Gasteiger partial charge in [0.1, 0.15) is 5.76 Å². The van der Waals surface area contributed by atoms with Gasteiger partial charge in [0.2, 0.25) is 0 Å². The summed E-state index contributed by atoms with van der Waals surface area (Å²) in [4.78, 5) is 3.91. The van der Waals surface area contributed by atoms with E-state index in [1.165, 1.54) is 6.39 Å². The van der Waals surface area contributed by atoms with Crippen molar-refractivity contribution in [2.45, 2.75) is 6.54 Å². The first-order valence-corrected chi connectivity index (χ1v) is 5.67. The summed E-state index contributed by atoms with van der Waals surface area (Å²) in [7, 11) is 0. The molecule has 90 valence electrons. The number of nitrogens with one attached hydrogen (secondary N) is 1. The lowest BCUT2D eigenvalue weighted by Crippen LogP contribution is -1.97. The maximum absolute atomic E-state index is 5.27. The second-order valence-electron chi connectivity index (χ2n) is 3.88. The van der Waals surface area contributed by atoms with Crippen molar-refractivity contribution in [2.75, 3.05) is 5.32 Å². The normalized spacial score (nSPS) is 10.4. The molecule has 18 heavy (non-hydrogen) atoms. The monoisotopic (exact) mass is 240 g/mol. The lowest BCUT2D eigenvalue weighted by atomic mass is 10.1. The average Bonchev–Trinajstić information content (AvgIpc) is 3.10. The van der Waals surface area contributed by atoms with Gasteiger partial charge in [-0.05, 0) is 24.3 Å². The topological polar surface area (TPSA) is 51.2 Å². The van der Waals surface area contributed by atoms with Crippen molar-refractivity contribution < 1.29 is 8.83 Å². The molecule has 2 heterocycles. The van der Waals surface area contributed by atoms with Crippen LogP contribution < -0.4 is 5.32 Å². The van der Waals surface area contributed by atoms with Gasteiger partial charge in [0, 0.05) is 11.3 Å². The Balaban J connectivity index is 1.75. The molecule has 0 saturated heterocycles. The number of oxazole rings is 1. The van der Waals surface area contributed by atoms with Gasteiger partial charge in [0.15, 0.2) is 12.2 Å². The Kier molecular flexibility index (Phi) is 2.84. The smallest absolute Gasteiger partial charge is 0.181 e. The number of anilines is 1. The lowest BCUT2D eigenvalue weighted by Gasteiger charge is -2.05. The van der Waals surface area contributed by atoms with Crippen LogP contribution in [0.3, 0.4) is 0 Å². The Morgan fingerprint density at radius 1 is 1.11 bits per heavy atom. The Morgan fingerprint density at radius 2 is 2.11 bits per heavy atom. The first kappa shape index (κ1) is 10.7. The fourth-order valence-corrected chi connectivity index (χ4v) is 1.74. The molecule has 0 amide bonds. The number of rotatable bonds is 4. The Morgan fingerprint density at radius 3 is 2.89 bits per heavy atom. The van der Waals surface area contributed by atoms with Crippen molar-refractivity contribution in [1.29, 1.82) is 0 Å². The van der Waals surface area contributed by atoms with Gasteiger partial charge in [-0.3, -0.25) is 0 Å². The highest BCUT2D eigenvalue weighted by atomic mass is 16.3. The highest BCUT2D eigenvalue weighted by Crippen LogP contribution is 2.22. The minimum absolute atomic E-state index is 0.660. The number of furan rings is 1. The van der Waals surface area contributed by atoms with Crippen LogP contribution in [-0.4, -0.2) is 4.98 Å². The van der Waals surface area contributed by atoms with E-state index in [0.717, 1.165) is 22.8 Å². The van der Waals surface area contributed by atoms with Gasteiger partial charge < -0.3 is 14.2 Å². The number of aromatic nitrogens is 1. The average molecular weight is 240 g/mol. The van der Waals surface area contributed by atoms with Crippen molar-refractivity contribution in [1.82, 2.24) is 4.98 Å². The zero-order valence-corrected chi connectivity index (χ0v) is 9.67. The summed E-state index contributed by atoms with van der Waals surface area (Å²) >= 11 is 0. The van der Waals surface area contributed by atoms with E-state index in [1.54, 1.807) is 12.5 Å². The summed E-state index contributed by atoms with van der Waals surface area (Å²) in [6, 6.07) is 11.8. The van der Waals surface area contributed by atoms with Gasteiger partial charge >= 0.3 is 0 Å². The highest BCUT2D eigenvalue weighted by Gasteiger charge is 2.02. The van der Waals surface area contributed by atoms with Crippen molar-refractivity contribution in [3.8, 4) is 11.3 Å². The molecule has 0 spiro atoms. The zero-order valence-electron chi connectivity index (χ0n) is 9.67. The molecule has 0 aliphatic rings. The third-order valence-electron chi connectivity index (χ3n) is 2.63. The molecule has 4 heteroatoms. The zero-order chi connectivity index (χ0) is 12.2. The molecule has 4 nitrogen and oxygen atoms in total. The van der Waals surface area contributed by atoms with Crippen LogP contribution in [0.4, 0.5) is 5.69 Å². The third-order valence-corrected chi connectivity index (χ3v) is 2.63. The first-order chi connectivity index (χ1) is 8.92. The molecule has 3 rings (SSSR count). The molecule has 2 aromatic heterocycles. The molecule has 0 aliphatic heterocycles. The maximum Gasteiger partial charge on any atom is 0.181 e. The maximum atomic E-state index is 5.27. The quantitative estimate of drug-likeness (QED) is 0.757. The van der Waals surface area contributed by atoms with Crippen LogP contribution >= 0.6 is 0 Å². The molecular formula is C14H12N2O2. The predicted molar refractivity (Wildman–Crippen MR) is 68.0 cm³/mol. The number of hydrogen-bond donors (Lipinski definition) is 1. The number of nitrogens with zero attached hydrogens (tertiary/aromatic N) is 1. The molecule has 0 aliphatic carbocycles. The lowest BCUT2D eigenvalue weighted by molar-refractivity contribution is 0.518. The van der Waals surface area contributed by atoms with Crippen LogP contribution in [0.25, 0.3) is 11.3 Å². The molecule has 3 aromatic rings. The Labute approximate surface area is 104 Å². The largest absolute Gasteiger partial charge is 0.467 e. The van der Waals surface area contributed by atoms with Crippen LogP contribution in [-0.2, 0) is 6.54 Å². The SMILES string of the molecule is c1cc(NCc2ccco2)cc(-c2cnco2)c1. The minimum atomic E-state index is 0.660. The van der Waals surface area contributed by atoms with E-state index in [-0.39, 0.29) is 0 Å². The van der Waals surface area contributed by atoms with Crippen molar-refractivity contribution >= 4 is 5.69 Å². The molecule has 0 saturated carbocycles. The van der Waals surface area contributed by atoms with Crippen LogP contribution in [0.2, 0.25) is 0 Å². The fourth-order valence-electron chi connectivity index (χ4n) is 1.74. The summed E-state index contributed by atoms with van der Waals surface area (Å²) < 4.78 is 10.5. The summed E-state index contributed by atoms with van der Waals surface area (Å²) in [5, 5.41) is 3.29. The van der Waals surface area contributed by atoms with Crippen molar-refractivity contribution in [3.05, 3.63) is 61.0 Å². The predicted octanol–water partition coefficient (Wildman–Crippen LogP) is 3.55. The van der Waals surface area contributed by atoms with Gasteiger partial charge in [0.05, 0.1) is 19.0 Å². The van der Waals surface area contributed by atoms with Gasteiger partial charge in [-0.15, -0.1) is 0 Å². The molecule has 0 radical (unpaired) electrons. The van der Waals surface area contributed by atoms with Crippen LogP contribution in [0.15, 0.2) is 64.1 Å². The fraction of sp³-hybridized carbons (Fsp3) is 0.0714. The molecule has 0 atom stereocenters. The van der Waals surface area contributed by atoms with E-state index in [9.17, 15) is 0 Å². The standard InChI is InChI=1S/C14H12N2O2/c1-3-11(14-9-15-10-18-14)7-12(4-1)16-8-13-5-2-6-17-13/h1-7,9-10,16H,8H2. The van der Waals surface area contributed by atoms with E-state index in [4.69, 9.17) is 8.83 Å². The van der Waals surface area contributed by atoms with E-state index >= 15 is 0 Å². The molecular weight excluding hydrogens is 228 g/mol. The summed E-state index contributed by atoms with van der Waals surface area (Å²) in [6.45, 7) is 0.660. The van der Waals surface area contributed by atoms with Gasteiger partial charge in [0.25, 0.3) is 0 Å². The van der Waals surface area contributed by atoms with Gasteiger partial charge in [-0.1, -0.05) is 12.1 Å². The third kappa shape index (κ3) is 2.27. The Bertz CT molecular complexity index is 601. The summed E-state index contributed by atoms with van der Waals surface area (Å²) in [5.41, 5.74) is 2.01.